The van der Waals surface area contributed by atoms with Crippen molar-refractivity contribution in [3.05, 3.63) is 45.7 Å². The van der Waals surface area contributed by atoms with Gasteiger partial charge < -0.3 is 5.32 Å². The Bertz CT molecular complexity index is 502. The van der Waals surface area contributed by atoms with Crippen molar-refractivity contribution in [1.82, 2.24) is 15.3 Å². The minimum Gasteiger partial charge on any atom is -0.302 e. The van der Waals surface area contributed by atoms with Gasteiger partial charge >= 0.3 is 0 Å². The van der Waals surface area contributed by atoms with E-state index in [9.17, 15) is 0 Å². The minimum atomic E-state index is 0.136. The zero-order valence-electron chi connectivity index (χ0n) is 11.3. The molecular formula is C14H19N3S. The highest BCUT2D eigenvalue weighted by atomic mass is 32.1. The Balaban J connectivity index is 2.33. The van der Waals surface area contributed by atoms with Crippen molar-refractivity contribution in [2.75, 3.05) is 0 Å². The highest BCUT2D eigenvalue weighted by Gasteiger charge is 2.18. The van der Waals surface area contributed by atoms with E-state index in [1.165, 1.54) is 5.56 Å². The third-order valence-electron chi connectivity index (χ3n) is 2.65. The minimum absolute atomic E-state index is 0.136. The Kier molecular flexibility index (Phi) is 4.09. The number of rotatable bonds is 4. The number of hydrogen-bond acceptors (Lipinski definition) is 4. The van der Waals surface area contributed by atoms with Crippen LogP contribution in [-0.2, 0) is 0 Å². The van der Waals surface area contributed by atoms with Crippen LogP contribution in [-0.4, -0.2) is 16.0 Å². The molecule has 18 heavy (non-hydrogen) atoms. The molecule has 2 aromatic heterocycles. The number of aromatic nitrogens is 2. The van der Waals surface area contributed by atoms with Gasteiger partial charge in [0, 0.05) is 29.0 Å². The summed E-state index contributed by atoms with van der Waals surface area (Å²) < 4.78 is 0. The quantitative estimate of drug-likeness (QED) is 0.918. The molecule has 1 unspecified atom stereocenters. The van der Waals surface area contributed by atoms with Crippen molar-refractivity contribution in [3.63, 3.8) is 0 Å². The Morgan fingerprint density at radius 1 is 1.17 bits per heavy atom. The molecule has 0 radical (unpaired) electrons. The second-order valence-electron chi connectivity index (χ2n) is 4.81. The highest BCUT2D eigenvalue weighted by molar-refractivity contribution is 7.09. The van der Waals surface area contributed by atoms with E-state index >= 15 is 0 Å². The molecule has 96 valence electrons. The summed E-state index contributed by atoms with van der Waals surface area (Å²) in [6.07, 6.45) is 1.94. The van der Waals surface area contributed by atoms with Crippen LogP contribution < -0.4 is 5.32 Å². The lowest BCUT2D eigenvalue weighted by atomic mass is 10.1. The summed E-state index contributed by atoms with van der Waals surface area (Å²) >= 11 is 1.70. The number of hydrogen-bond donors (Lipinski definition) is 1. The molecule has 0 aliphatic carbocycles. The van der Waals surface area contributed by atoms with Crippen LogP contribution in [0.2, 0.25) is 0 Å². The maximum Gasteiger partial charge on any atom is 0.114 e. The molecule has 2 rings (SSSR count). The van der Waals surface area contributed by atoms with Crippen LogP contribution >= 0.6 is 11.3 Å². The monoisotopic (exact) mass is 261 g/mol. The van der Waals surface area contributed by atoms with Gasteiger partial charge in [0.1, 0.15) is 5.01 Å². The maximum atomic E-state index is 4.59. The van der Waals surface area contributed by atoms with E-state index in [0.29, 0.717) is 6.04 Å². The first kappa shape index (κ1) is 13.2. The summed E-state index contributed by atoms with van der Waals surface area (Å²) in [5, 5.41) is 6.75. The lowest BCUT2D eigenvalue weighted by Crippen LogP contribution is -2.29. The van der Waals surface area contributed by atoms with Crippen molar-refractivity contribution in [2.45, 2.75) is 39.8 Å². The first-order valence-corrected chi connectivity index (χ1v) is 7.05. The largest absolute Gasteiger partial charge is 0.302 e. The lowest BCUT2D eigenvalue weighted by Gasteiger charge is -2.19. The maximum absolute atomic E-state index is 4.59. The van der Waals surface area contributed by atoms with Crippen LogP contribution in [0.3, 0.4) is 0 Å². The van der Waals surface area contributed by atoms with E-state index in [-0.39, 0.29) is 6.04 Å². The molecule has 1 N–H and O–H groups in total. The van der Waals surface area contributed by atoms with Crippen LogP contribution in [0.25, 0.3) is 0 Å². The Morgan fingerprint density at radius 2 is 1.94 bits per heavy atom. The van der Waals surface area contributed by atoms with Crippen molar-refractivity contribution in [3.8, 4) is 0 Å². The van der Waals surface area contributed by atoms with E-state index in [4.69, 9.17) is 0 Å². The lowest BCUT2D eigenvalue weighted by molar-refractivity contribution is 0.525. The van der Waals surface area contributed by atoms with Crippen LogP contribution in [0.5, 0.6) is 0 Å². The molecule has 0 amide bonds. The summed E-state index contributed by atoms with van der Waals surface area (Å²) in [6, 6.07) is 4.71. The number of aryl methyl sites for hydroxylation is 2. The smallest absolute Gasteiger partial charge is 0.114 e. The molecule has 2 aromatic rings. The average molecular weight is 261 g/mol. The van der Waals surface area contributed by atoms with E-state index in [1.54, 1.807) is 11.3 Å². The fourth-order valence-electron chi connectivity index (χ4n) is 1.80. The van der Waals surface area contributed by atoms with Gasteiger partial charge in [0.25, 0.3) is 0 Å². The molecule has 0 bridgehead atoms. The Hall–Kier alpha value is -1.26. The molecule has 3 nitrogen and oxygen atoms in total. The Morgan fingerprint density at radius 3 is 2.44 bits per heavy atom. The third kappa shape index (κ3) is 3.15. The zero-order valence-corrected chi connectivity index (χ0v) is 12.1. The fraction of sp³-hybridized carbons (Fsp3) is 0.429. The summed E-state index contributed by atoms with van der Waals surface area (Å²) in [5.74, 6) is 0. The van der Waals surface area contributed by atoms with E-state index in [1.807, 2.05) is 26.1 Å². The van der Waals surface area contributed by atoms with Gasteiger partial charge in [-0.2, -0.15) is 0 Å². The first-order valence-electron chi connectivity index (χ1n) is 6.17. The summed E-state index contributed by atoms with van der Waals surface area (Å²) in [6.45, 7) is 8.33. The number of nitrogens with zero attached hydrogens (tertiary/aromatic N) is 2. The van der Waals surface area contributed by atoms with Crippen LogP contribution in [0.4, 0.5) is 0 Å². The van der Waals surface area contributed by atoms with Crippen molar-refractivity contribution >= 4 is 11.3 Å². The number of thiazole rings is 1. The molecule has 2 heterocycles. The third-order valence-corrected chi connectivity index (χ3v) is 3.68. The highest BCUT2D eigenvalue weighted by Crippen LogP contribution is 2.25. The van der Waals surface area contributed by atoms with E-state index < -0.39 is 0 Å². The van der Waals surface area contributed by atoms with Crippen molar-refractivity contribution in [1.29, 1.82) is 0 Å². The zero-order chi connectivity index (χ0) is 13.1. The fourth-order valence-corrected chi connectivity index (χ4v) is 2.68. The molecule has 4 heteroatoms. The predicted molar refractivity (Wildman–Crippen MR) is 75.9 cm³/mol. The Labute approximate surface area is 112 Å². The van der Waals surface area contributed by atoms with Crippen LogP contribution in [0.1, 0.15) is 41.8 Å². The number of pyridine rings is 1. The van der Waals surface area contributed by atoms with Gasteiger partial charge in [-0.05, 0) is 39.3 Å². The van der Waals surface area contributed by atoms with Gasteiger partial charge in [-0.25, -0.2) is 4.98 Å². The van der Waals surface area contributed by atoms with Crippen molar-refractivity contribution < 1.29 is 0 Å². The molecule has 0 aliphatic rings. The van der Waals surface area contributed by atoms with Gasteiger partial charge in [-0.15, -0.1) is 11.3 Å². The van der Waals surface area contributed by atoms with E-state index in [0.717, 1.165) is 16.4 Å². The van der Waals surface area contributed by atoms with Crippen LogP contribution in [0.15, 0.2) is 23.7 Å². The van der Waals surface area contributed by atoms with Gasteiger partial charge in [-0.3, -0.25) is 4.98 Å². The molecule has 0 spiro atoms. The second kappa shape index (κ2) is 5.59. The van der Waals surface area contributed by atoms with Gasteiger partial charge in [0.15, 0.2) is 0 Å². The SMILES string of the molecule is Cc1ccc(C(NC(C)C)c2nc(C)cs2)cn1. The van der Waals surface area contributed by atoms with Crippen LogP contribution in [0, 0.1) is 13.8 Å². The first-order chi connectivity index (χ1) is 8.56. The summed E-state index contributed by atoms with van der Waals surface area (Å²) in [7, 11) is 0. The van der Waals surface area contributed by atoms with Crippen molar-refractivity contribution in [2.24, 2.45) is 0 Å². The normalized spacial score (nSPS) is 12.9. The van der Waals surface area contributed by atoms with Gasteiger partial charge in [-0.1, -0.05) is 6.07 Å². The van der Waals surface area contributed by atoms with Gasteiger partial charge in [0.2, 0.25) is 0 Å². The summed E-state index contributed by atoms with van der Waals surface area (Å²) in [5.41, 5.74) is 3.28. The topological polar surface area (TPSA) is 37.8 Å². The molecule has 1 atom stereocenters. The number of nitrogens with one attached hydrogen (secondary N) is 1. The standard InChI is InChI=1S/C14H19N3S/c1-9(2)16-13(14-17-11(4)8-18-14)12-6-5-10(3)15-7-12/h5-9,13,16H,1-4H3. The average Bonchev–Trinajstić information content (AvgIpc) is 2.74. The molecule has 0 fully saturated rings. The molecule has 0 saturated heterocycles. The summed E-state index contributed by atoms with van der Waals surface area (Å²) in [4.78, 5) is 8.97. The second-order valence-corrected chi connectivity index (χ2v) is 5.70. The molecule has 0 aliphatic heterocycles. The molecule has 0 aromatic carbocycles. The predicted octanol–water partition coefficient (Wildman–Crippen LogP) is 3.24. The molecule has 0 saturated carbocycles. The molecular weight excluding hydrogens is 242 g/mol. The van der Waals surface area contributed by atoms with E-state index in [2.05, 4.69) is 40.6 Å². The van der Waals surface area contributed by atoms with Gasteiger partial charge in [0.05, 0.1) is 6.04 Å².